The van der Waals surface area contributed by atoms with Crippen LogP contribution in [0, 0.1) is 0 Å². The summed E-state index contributed by atoms with van der Waals surface area (Å²) in [5.41, 5.74) is 4.46. The molecule has 0 unspecified atom stereocenters. The van der Waals surface area contributed by atoms with Gasteiger partial charge in [0.05, 0.1) is 17.6 Å². The van der Waals surface area contributed by atoms with Gasteiger partial charge in [0.15, 0.2) is 5.60 Å². The molecule has 6 nitrogen and oxygen atoms in total. The molecule has 1 atom stereocenters. The van der Waals surface area contributed by atoms with Crippen LogP contribution >= 0.6 is 11.6 Å². The van der Waals surface area contributed by atoms with Crippen LogP contribution in [0.25, 0.3) is 10.9 Å². The van der Waals surface area contributed by atoms with Gasteiger partial charge in [-0.25, -0.2) is 0 Å². The van der Waals surface area contributed by atoms with E-state index in [0.717, 1.165) is 5.39 Å². The molecule has 23 heavy (non-hydrogen) atoms. The topological polar surface area (TPSA) is 96.5 Å². The van der Waals surface area contributed by atoms with Gasteiger partial charge in [-0.1, -0.05) is 17.7 Å². The molecule has 0 spiro atoms. The molecule has 3 N–H and O–H groups in total. The third-order valence-corrected chi connectivity index (χ3v) is 4.33. The molecule has 0 aliphatic carbocycles. The first kappa shape index (κ1) is 15.7. The standard InChI is InChI=1S/C16H16ClN3O3/c17-11-7-10-3-1-5-19-13(10)12(8-11)14(21)20-6-2-4-16(23,9-20)15(18)22/h1,3,5,7-8,23H,2,4,6,9H2,(H2,18,22)/t16-/m1/s1. The zero-order chi connectivity index (χ0) is 16.6. The Bertz CT molecular complexity index is 795. The van der Waals surface area contributed by atoms with Crippen molar-refractivity contribution >= 4 is 34.3 Å². The van der Waals surface area contributed by atoms with Crippen LogP contribution in [0.1, 0.15) is 23.2 Å². The normalized spacial score (nSPS) is 21.4. The number of fused-ring (bicyclic) bond motifs is 1. The van der Waals surface area contributed by atoms with Crippen LogP contribution in [0.4, 0.5) is 0 Å². The number of rotatable bonds is 2. The number of hydrogen-bond acceptors (Lipinski definition) is 4. The average Bonchev–Trinajstić information content (AvgIpc) is 2.53. The van der Waals surface area contributed by atoms with E-state index in [1.807, 2.05) is 6.07 Å². The lowest BCUT2D eigenvalue weighted by Crippen LogP contribution is -2.57. The van der Waals surface area contributed by atoms with Gasteiger partial charge in [-0.15, -0.1) is 0 Å². The molecule has 120 valence electrons. The van der Waals surface area contributed by atoms with Gasteiger partial charge in [-0.2, -0.15) is 0 Å². The van der Waals surface area contributed by atoms with Crippen LogP contribution in [0.2, 0.25) is 5.02 Å². The predicted octanol–water partition coefficient (Wildman–Crippen LogP) is 1.34. The molecule has 0 radical (unpaired) electrons. The Morgan fingerprint density at radius 1 is 1.39 bits per heavy atom. The van der Waals surface area contributed by atoms with Gasteiger partial charge in [0.1, 0.15) is 0 Å². The Balaban J connectivity index is 1.99. The molecule has 2 aromatic rings. The van der Waals surface area contributed by atoms with Crippen molar-refractivity contribution in [3.63, 3.8) is 0 Å². The fraction of sp³-hybridized carbons (Fsp3) is 0.312. The Morgan fingerprint density at radius 2 is 2.17 bits per heavy atom. The first-order valence-corrected chi connectivity index (χ1v) is 7.64. The zero-order valence-corrected chi connectivity index (χ0v) is 13.1. The highest BCUT2D eigenvalue weighted by atomic mass is 35.5. The first-order valence-electron chi connectivity index (χ1n) is 7.26. The maximum atomic E-state index is 12.8. The molecule has 1 aromatic heterocycles. The maximum Gasteiger partial charge on any atom is 0.256 e. The van der Waals surface area contributed by atoms with E-state index in [1.165, 1.54) is 4.90 Å². The minimum atomic E-state index is -1.68. The van der Waals surface area contributed by atoms with Crippen LogP contribution in [0.5, 0.6) is 0 Å². The zero-order valence-electron chi connectivity index (χ0n) is 12.3. The first-order chi connectivity index (χ1) is 10.9. The summed E-state index contributed by atoms with van der Waals surface area (Å²) in [5.74, 6) is -1.14. The predicted molar refractivity (Wildman–Crippen MR) is 86.0 cm³/mol. The molecule has 0 saturated carbocycles. The second-order valence-corrected chi connectivity index (χ2v) is 6.19. The third kappa shape index (κ3) is 2.87. The Hall–Kier alpha value is -2.18. The van der Waals surface area contributed by atoms with E-state index in [0.29, 0.717) is 29.1 Å². The number of benzene rings is 1. The fourth-order valence-corrected chi connectivity index (χ4v) is 3.13. The molecule has 0 bridgehead atoms. The van der Waals surface area contributed by atoms with E-state index in [2.05, 4.69) is 4.98 Å². The van der Waals surface area contributed by atoms with E-state index in [1.54, 1.807) is 24.4 Å². The van der Waals surface area contributed by atoms with Crippen LogP contribution in [-0.2, 0) is 4.79 Å². The van der Waals surface area contributed by atoms with E-state index in [4.69, 9.17) is 17.3 Å². The lowest BCUT2D eigenvalue weighted by molar-refractivity contribution is -0.140. The quantitative estimate of drug-likeness (QED) is 0.866. The van der Waals surface area contributed by atoms with Crippen molar-refractivity contribution in [3.8, 4) is 0 Å². The SMILES string of the molecule is NC(=O)[C@@]1(O)CCCN(C(=O)c2cc(Cl)cc3cccnc23)C1. The van der Waals surface area contributed by atoms with Crippen LogP contribution in [0.3, 0.4) is 0 Å². The van der Waals surface area contributed by atoms with Crippen LogP contribution in [-0.4, -0.2) is 45.5 Å². The largest absolute Gasteiger partial charge is 0.378 e. The molecule has 1 aromatic carbocycles. The number of nitrogens with zero attached hydrogens (tertiary/aromatic N) is 2. The molecule has 1 fully saturated rings. The lowest BCUT2D eigenvalue weighted by Gasteiger charge is -2.37. The highest BCUT2D eigenvalue weighted by Crippen LogP contribution is 2.27. The molecule has 7 heteroatoms. The van der Waals surface area contributed by atoms with Crippen LogP contribution < -0.4 is 5.73 Å². The van der Waals surface area contributed by atoms with Crippen molar-refractivity contribution < 1.29 is 14.7 Å². The number of amides is 2. The Kier molecular flexibility index (Phi) is 3.95. The van der Waals surface area contributed by atoms with E-state index in [-0.39, 0.29) is 18.9 Å². The number of likely N-dealkylation sites (tertiary alicyclic amines) is 1. The number of pyridine rings is 1. The number of carbonyl (C=O) groups excluding carboxylic acids is 2. The number of halogens is 1. The molecule has 1 saturated heterocycles. The summed E-state index contributed by atoms with van der Waals surface area (Å²) in [5, 5.41) is 11.5. The second kappa shape index (κ2) is 5.79. The number of primary amides is 1. The number of hydrogen-bond donors (Lipinski definition) is 2. The summed E-state index contributed by atoms with van der Waals surface area (Å²) in [6.45, 7) is 0.317. The summed E-state index contributed by atoms with van der Waals surface area (Å²) in [6.07, 6.45) is 2.35. The van der Waals surface area contributed by atoms with E-state index >= 15 is 0 Å². The van der Waals surface area contributed by atoms with Crippen molar-refractivity contribution in [3.05, 3.63) is 41.0 Å². The van der Waals surface area contributed by atoms with Crippen LogP contribution in [0.15, 0.2) is 30.5 Å². The van der Waals surface area contributed by atoms with Gasteiger partial charge in [0, 0.05) is 23.2 Å². The fourth-order valence-electron chi connectivity index (χ4n) is 2.90. The van der Waals surface area contributed by atoms with Gasteiger partial charge < -0.3 is 15.7 Å². The van der Waals surface area contributed by atoms with Gasteiger partial charge in [-0.3, -0.25) is 14.6 Å². The molecule has 1 aliphatic rings. The number of nitrogens with two attached hydrogens (primary N) is 1. The third-order valence-electron chi connectivity index (χ3n) is 4.12. The molecule has 2 heterocycles. The number of aliphatic hydroxyl groups is 1. The van der Waals surface area contributed by atoms with Crippen molar-refractivity contribution in [2.45, 2.75) is 18.4 Å². The van der Waals surface area contributed by atoms with Crippen molar-refractivity contribution in [2.75, 3.05) is 13.1 Å². The number of aromatic nitrogens is 1. The van der Waals surface area contributed by atoms with Crippen molar-refractivity contribution in [1.29, 1.82) is 0 Å². The highest BCUT2D eigenvalue weighted by Gasteiger charge is 2.40. The monoisotopic (exact) mass is 333 g/mol. The van der Waals surface area contributed by atoms with Gasteiger partial charge in [0.2, 0.25) is 0 Å². The van der Waals surface area contributed by atoms with E-state index in [9.17, 15) is 14.7 Å². The summed E-state index contributed by atoms with van der Waals surface area (Å²) < 4.78 is 0. The van der Waals surface area contributed by atoms with Crippen molar-refractivity contribution in [1.82, 2.24) is 9.88 Å². The minimum Gasteiger partial charge on any atom is -0.378 e. The van der Waals surface area contributed by atoms with Gasteiger partial charge >= 0.3 is 0 Å². The van der Waals surface area contributed by atoms with Gasteiger partial charge in [-0.05, 0) is 31.0 Å². The Morgan fingerprint density at radius 3 is 2.91 bits per heavy atom. The second-order valence-electron chi connectivity index (χ2n) is 5.75. The molecule has 1 aliphatic heterocycles. The molecular formula is C16H16ClN3O3. The lowest BCUT2D eigenvalue weighted by atomic mass is 9.91. The molecular weight excluding hydrogens is 318 g/mol. The summed E-state index contributed by atoms with van der Waals surface area (Å²) in [4.78, 5) is 30.0. The summed E-state index contributed by atoms with van der Waals surface area (Å²) in [6, 6.07) is 6.87. The highest BCUT2D eigenvalue weighted by molar-refractivity contribution is 6.32. The number of carbonyl (C=O) groups is 2. The molecule has 3 rings (SSSR count). The minimum absolute atomic E-state index is 0.123. The average molecular weight is 334 g/mol. The number of β-amino-alcohol motifs (C(OH)–C–C–N with tert-alkyl or cyclic N) is 1. The van der Waals surface area contributed by atoms with Crippen molar-refractivity contribution in [2.24, 2.45) is 5.73 Å². The number of piperidine rings is 1. The molecule has 2 amide bonds. The summed E-state index contributed by atoms with van der Waals surface area (Å²) in [7, 11) is 0. The van der Waals surface area contributed by atoms with E-state index < -0.39 is 11.5 Å². The smallest absolute Gasteiger partial charge is 0.256 e. The summed E-state index contributed by atoms with van der Waals surface area (Å²) >= 11 is 6.09. The maximum absolute atomic E-state index is 12.8. The van der Waals surface area contributed by atoms with Gasteiger partial charge in [0.25, 0.3) is 11.8 Å². The Labute approximate surface area is 137 Å².